The minimum absolute atomic E-state index is 0.0196. The van der Waals surface area contributed by atoms with Crippen molar-refractivity contribution in [1.82, 2.24) is 25.4 Å². The van der Waals surface area contributed by atoms with E-state index in [1.54, 1.807) is 0 Å². The lowest BCUT2D eigenvalue weighted by molar-refractivity contribution is 0.223. The van der Waals surface area contributed by atoms with Crippen molar-refractivity contribution in [2.75, 3.05) is 6.54 Å². The monoisotopic (exact) mass is 404 g/mol. The van der Waals surface area contributed by atoms with Crippen LogP contribution in [0.2, 0.25) is 5.02 Å². The highest BCUT2D eigenvalue weighted by Gasteiger charge is 2.17. The summed E-state index contributed by atoms with van der Waals surface area (Å²) in [5, 5.41) is 15.9. The van der Waals surface area contributed by atoms with Crippen LogP contribution in [0.1, 0.15) is 44.3 Å². The van der Waals surface area contributed by atoms with Gasteiger partial charge in [-0.25, -0.2) is 4.99 Å². The van der Waals surface area contributed by atoms with Gasteiger partial charge in [0.2, 0.25) is 0 Å². The van der Waals surface area contributed by atoms with Gasteiger partial charge in [0.1, 0.15) is 24.2 Å². The van der Waals surface area contributed by atoms with E-state index in [9.17, 15) is 0 Å². The maximum atomic E-state index is 5.94. The van der Waals surface area contributed by atoms with Crippen molar-refractivity contribution in [3.63, 3.8) is 0 Å². The Morgan fingerprint density at radius 3 is 2.64 bits per heavy atom. The minimum atomic E-state index is -0.0196. The SMILES string of the molecule is Cc1nnc(CN=C(NCC(C)Oc2ccc(Cl)cc2)NC2CCCC2)n1C. The van der Waals surface area contributed by atoms with Gasteiger partial charge in [-0.2, -0.15) is 0 Å². The number of ether oxygens (including phenoxy) is 1. The lowest BCUT2D eigenvalue weighted by Gasteiger charge is -2.20. The molecule has 0 saturated heterocycles. The topological polar surface area (TPSA) is 76.4 Å². The predicted molar refractivity (Wildman–Crippen MR) is 112 cm³/mol. The third kappa shape index (κ3) is 5.86. The molecule has 7 nitrogen and oxygen atoms in total. The fourth-order valence-corrected chi connectivity index (χ4v) is 3.31. The van der Waals surface area contributed by atoms with Crippen LogP contribution in [-0.2, 0) is 13.6 Å². The Labute approximate surface area is 171 Å². The molecule has 1 unspecified atom stereocenters. The Bertz CT molecular complexity index is 782. The van der Waals surface area contributed by atoms with Gasteiger partial charge in [-0.05, 0) is 51.0 Å². The number of hydrogen-bond acceptors (Lipinski definition) is 4. The number of aryl methyl sites for hydroxylation is 1. The molecule has 1 heterocycles. The van der Waals surface area contributed by atoms with Crippen molar-refractivity contribution in [2.24, 2.45) is 12.0 Å². The third-order valence-electron chi connectivity index (χ3n) is 4.97. The summed E-state index contributed by atoms with van der Waals surface area (Å²) < 4.78 is 7.91. The molecule has 2 N–H and O–H groups in total. The van der Waals surface area contributed by atoms with Crippen LogP contribution in [0, 0.1) is 6.92 Å². The zero-order chi connectivity index (χ0) is 19.9. The number of aromatic nitrogens is 3. The molecule has 0 radical (unpaired) electrons. The smallest absolute Gasteiger partial charge is 0.192 e. The maximum Gasteiger partial charge on any atom is 0.192 e. The van der Waals surface area contributed by atoms with E-state index >= 15 is 0 Å². The number of halogens is 1. The summed E-state index contributed by atoms with van der Waals surface area (Å²) in [5.41, 5.74) is 0. The molecular weight excluding hydrogens is 376 g/mol. The van der Waals surface area contributed by atoms with E-state index in [4.69, 9.17) is 21.3 Å². The van der Waals surface area contributed by atoms with E-state index in [0.717, 1.165) is 23.4 Å². The van der Waals surface area contributed by atoms with Gasteiger partial charge in [0.25, 0.3) is 0 Å². The summed E-state index contributed by atoms with van der Waals surface area (Å²) in [7, 11) is 1.96. The van der Waals surface area contributed by atoms with Gasteiger partial charge >= 0.3 is 0 Å². The van der Waals surface area contributed by atoms with Gasteiger partial charge in [0, 0.05) is 18.1 Å². The van der Waals surface area contributed by atoms with E-state index in [0.29, 0.717) is 24.2 Å². The molecule has 0 aliphatic heterocycles. The summed E-state index contributed by atoms with van der Waals surface area (Å²) in [5.74, 6) is 3.32. The Kier molecular flexibility index (Phi) is 7.14. The van der Waals surface area contributed by atoms with Crippen LogP contribution in [0.5, 0.6) is 5.75 Å². The summed E-state index contributed by atoms with van der Waals surface area (Å²) in [6.07, 6.45) is 4.88. The zero-order valence-electron chi connectivity index (χ0n) is 16.8. The summed E-state index contributed by atoms with van der Waals surface area (Å²) >= 11 is 5.93. The largest absolute Gasteiger partial charge is 0.489 e. The van der Waals surface area contributed by atoms with Crippen LogP contribution in [0.4, 0.5) is 0 Å². The molecule has 1 aliphatic carbocycles. The van der Waals surface area contributed by atoms with Gasteiger partial charge in [-0.15, -0.1) is 10.2 Å². The highest BCUT2D eigenvalue weighted by atomic mass is 35.5. The van der Waals surface area contributed by atoms with Crippen molar-refractivity contribution in [3.05, 3.63) is 40.9 Å². The van der Waals surface area contributed by atoms with Gasteiger partial charge < -0.3 is 19.9 Å². The minimum Gasteiger partial charge on any atom is -0.489 e. The molecule has 3 rings (SSSR count). The number of nitrogens with one attached hydrogen (secondary N) is 2. The number of aliphatic imine (C=N–C) groups is 1. The Hall–Kier alpha value is -2.28. The molecule has 1 fully saturated rings. The van der Waals surface area contributed by atoms with Crippen LogP contribution in [0.15, 0.2) is 29.3 Å². The van der Waals surface area contributed by atoms with Crippen LogP contribution < -0.4 is 15.4 Å². The molecule has 1 aromatic carbocycles. The first kappa shape index (κ1) is 20.5. The molecule has 1 saturated carbocycles. The molecule has 1 aliphatic rings. The molecule has 1 aromatic heterocycles. The van der Waals surface area contributed by atoms with E-state index in [-0.39, 0.29) is 6.10 Å². The molecule has 0 amide bonds. The normalized spacial score (nSPS) is 16.2. The first-order chi connectivity index (χ1) is 13.5. The second-order valence-corrected chi connectivity index (χ2v) is 7.71. The molecule has 1 atom stereocenters. The highest BCUT2D eigenvalue weighted by molar-refractivity contribution is 6.30. The molecule has 152 valence electrons. The average Bonchev–Trinajstić information content (AvgIpc) is 3.30. The van der Waals surface area contributed by atoms with Gasteiger partial charge in [0.05, 0.1) is 6.54 Å². The first-order valence-electron chi connectivity index (χ1n) is 9.83. The summed E-state index contributed by atoms with van der Waals surface area (Å²) in [4.78, 5) is 4.72. The lowest BCUT2D eigenvalue weighted by atomic mass is 10.2. The van der Waals surface area contributed by atoms with Gasteiger partial charge in [-0.3, -0.25) is 0 Å². The van der Waals surface area contributed by atoms with Crippen LogP contribution in [-0.4, -0.2) is 39.4 Å². The fraction of sp³-hybridized carbons (Fsp3) is 0.550. The highest BCUT2D eigenvalue weighted by Crippen LogP contribution is 2.18. The predicted octanol–water partition coefficient (Wildman–Crippen LogP) is 3.22. The fourth-order valence-electron chi connectivity index (χ4n) is 3.18. The summed E-state index contributed by atoms with van der Waals surface area (Å²) in [6, 6.07) is 7.88. The average molecular weight is 405 g/mol. The maximum absolute atomic E-state index is 5.94. The second kappa shape index (κ2) is 9.78. The Balaban J connectivity index is 1.58. The van der Waals surface area contributed by atoms with Crippen molar-refractivity contribution in [3.8, 4) is 5.75 Å². The quantitative estimate of drug-likeness (QED) is 0.547. The molecular formula is C20H29ClN6O. The van der Waals surface area contributed by atoms with Crippen LogP contribution in [0.3, 0.4) is 0 Å². The van der Waals surface area contributed by atoms with Crippen molar-refractivity contribution in [2.45, 2.75) is 58.2 Å². The zero-order valence-corrected chi connectivity index (χ0v) is 17.5. The standard InChI is InChI=1S/C20H29ClN6O/c1-14(28-18-10-8-16(21)9-11-18)12-22-20(24-17-6-4-5-7-17)23-13-19-26-25-15(2)27(19)3/h8-11,14,17H,4-7,12-13H2,1-3H3,(H2,22,23,24). The van der Waals surface area contributed by atoms with E-state index in [2.05, 4.69) is 20.8 Å². The number of rotatable bonds is 7. The van der Waals surface area contributed by atoms with Crippen LogP contribution >= 0.6 is 11.6 Å². The number of hydrogen-bond donors (Lipinski definition) is 2. The molecule has 28 heavy (non-hydrogen) atoms. The second-order valence-electron chi connectivity index (χ2n) is 7.28. The number of guanidine groups is 1. The summed E-state index contributed by atoms with van der Waals surface area (Å²) in [6.45, 7) is 5.08. The Morgan fingerprint density at radius 1 is 1.29 bits per heavy atom. The molecule has 0 spiro atoms. The van der Waals surface area contributed by atoms with E-state index in [1.165, 1.54) is 25.7 Å². The van der Waals surface area contributed by atoms with Gasteiger partial charge in [-0.1, -0.05) is 24.4 Å². The third-order valence-corrected chi connectivity index (χ3v) is 5.22. The van der Waals surface area contributed by atoms with Crippen molar-refractivity contribution < 1.29 is 4.74 Å². The van der Waals surface area contributed by atoms with Crippen molar-refractivity contribution >= 4 is 17.6 Å². The van der Waals surface area contributed by atoms with Gasteiger partial charge in [0.15, 0.2) is 11.8 Å². The molecule has 2 aromatic rings. The van der Waals surface area contributed by atoms with E-state index in [1.807, 2.05) is 49.7 Å². The number of nitrogens with zero attached hydrogens (tertiary/aromatic N) is 4. The number of benzene rings is 1. The van der Waals surface area contributed by atoms with Crippen molar-refractivity contribution in [1.29, 1.82) is 0 Å². The first-order valence-corrected chi connectivity index (χ1v) is 10.2. The van der Waals surface area contributed by atoms with E-state index < -0.39 is 0 Å². The Morgan fingerprint density at radius 2 is 2.00 bits per heavy atom. The van der Waals surface area contributed by atoms with Crippen LogP contribution in [0.25, 0.3) is 0 Å². The molecule has 0 bridgehead atoms. The lowest BCUT2D eigenvalue weighted by Crippen LogP contribution is -2.45. The molecule has 8 heteroatoms.